The SMILES string of the molecule is O=[N+]([O-])c1ccc2c(ccc3ccccc32)c1[N+](=O)[O-]. The number of nitro groups is 2. The summed E-state index contributed by atoms with van der Waals surface area (Å²) in [6.45, 7) is 0. The van der Waals surface area contributed by atoms with E-state index in [0.29, 0.717) is 5.39 Å². The molecule has 0 N–H and O–H groups in total. The van der Waals surface area contributed by atoms with Crippen molar-refractivity contribution in [3.63, 3.8) is 0 Å². The third-order valence-electron chi connectivity index (χ3n) is 3.26. The lowest BCUT2D eigenvalue weighted by Gasteiger charge is -2.04. The summed E-state index contributed by atoms with van der Waals surface area (Å²) in [7, 11) is 0. The van der Waals surface area contributed by atoms with E-state index in [2.05, 4.69) is 0 Å². The van der Waals surface area contributed by atoms with Crippen molar-refractivity contribution in [2.75, 3.05) is 0 Å². The molecule has 0 aromatic heterocycles. The first-order valence-electron chi connectivity index (χ1n) is 5.83. The molecule has 0 saturated carbocycles. The van der Waals surface area contributed by atoms with Crippen molar-refractivity contribution in [1.82, 2.24) is 0 Å². The zero-order valence-electron chi connectivity index (χ0n) is 10.1. The van der Waals surface area contributed by atoms with Gasteiger partial charge in [0.05, 0.1) is 15.2 Å². The molecule has 0 saturated heterocycles. The highest BCUT2D eigenvalue weighted by molar-refractivity contribution is 6.11. The quantitative estimate of drug-likeness (QED) is 0.401. The van der Waals surface area contributed by atoms with Gasteiger partial charge >= 0.3 is 11.4 Å². The molecule has 0 atom stereocenters. The summed E-state index contributed by atoms with van der Waals surface area (Å²) >= 11 is 0. The Kier molecular flexibility index (Phi) is 2.57. The van der Waals surface area contributed by atoms with Crippen LogP contribution in [0, 0.1) is 20.2 Å². The minimum absolute atomic E-state index is 0.280. The summed E-state index contributed by atoms with van der Waals surface area (Å²) in [6, 6.07) is 13.5. The van der Waals surface area contributed by atoms with Crippen LogP contribution in [0.3, 0.4) is 0 Å². The van der Waals surface area contributed by atoms with Crippen LogP contribution in [0.5, 0.6) is 0 Å². The average Bonchev–Trinajstić information content (AvgIpc) is 2.45. The summed E-state index contributed by atoms with van der Waals surface area (Å²) in [5, 5.41) is 24.8. The Bertz CT molecular complexity index is 874. The van der Waals surface area contributed by atoms with Crippen LogP contribution in [0.4, 0.5) is 11.4 Å². The maximum absolute atomic E-state index is 11.2. The minimum Gasteiger partial charge on any atom is -0.258 e. The lowest BCUT2D eigenvalue weighted by molar-refractivity contribution is -0.421. The van der Waals surface area contributed by atoms with Gasteiger partial charge in [-0.15, -0.1) is 0 Å². The molecule has 0 aliphatic rings. The van der Waals surface area contributed by atoms with E-state index >= 15 is 0 Å². The van der Waals surface area contributed by atoms with Gasteiger partial charge in [0.1, 0.15) is 0 Å². The first-order valence-corrected chi connectivity index (χ1v) is 5.83. The topological polar surface area (TPSA) is 86.3 Å². The predicted molar refractivity (Wildman–Crippen MR) is 74.8 cm³/mol. The second-order valence-corrected chi connectivity index (χ2v) is 4.33. The maximum Gasteiger partial charge on any atom is 0.353 e. The van der Waals surface area contributed by atoms with Crippen molar-refractivity contribution in [1.29, 1.82) is 0 Å². The summed E-state index contributed by atoms with van der Waals surface area (Å²) in [4.78, 5) is 20.7. The molecule has 0 fully saturated rings. The molecule has 6 heteroatoms. The van der Waals surface area contributed by atoms with Crippen molar-refractivity contribution in [2.24, 2.45) is 0 Å². The van der Waals surface area contributed by atoms with Crippen molar-refractivity contribution in [2.45, 2.75) is 0 Å². The Morgan fingerprint density at radius 2 is 1.40 bits per heavy atom. The smallest absolute Gasteiger partial charge is 0.258 e. The van der Waals surface area contributed by atoms with Crippen LogP contribution < -0.4 is 0 Å². The Hall–Kier alpha value is -3.02. The maximum atomic E-state index is 11.2. The number of fused-ring (bicyclic) bond motifs is 3. The van der Waals surface area contributed by atoms with E-state index in [-0.39, 0.29) is 5.39 Å². The van der Waals surface area contributed by atoms with Crippen molar-refractivity contribution in [3.05, 3.63) is 68.8 Å². The lowest BCUT2D eigenvalue weighted by atomic mass is 10.0. The summed E-state index contributed by atoms with van der Waals surface area (Å²) in [5.41, 5.74) is -0.948. The van der Waals surface area contributed by atoms with Gasteiger partial charge in [-0.2, -0.15) is 0 Å². The number of benzene rings is 3. The molecule has 3 aromatic carbocycles. The molecule has 3 aromatic rings. The number of nitro benzene ring substituents is 2. The zero-order chi connectivity index (χ0) is 14.3. The first kappa shape index (κ1) is 12.0. The summed E-state index contributed by atoms with van der Waals surface area (Å²) in [5.74, 6) is 0. The highest BCUT2D eigenvalue weighted by atomic mass is 16.6. The highest BCUT2D eigenvalue weighted by Gasteiger charge is 2.27. The Labute approximate surface area is 112 Å². The second kappa shape index (κ2) is 4.27. The van der Waals surface area contributed by atoms with Gasteiger partial charge < -0.3 is 0 Å². The van der Waals surface area contributed by atoms with Crippen molar-refractivity contribution in [3.8, 4) is 0 Å². The number of hydrogen-bond donors (Lipinski definition) is 0. The van der Waals surface area contributed by atoms with Crippen LogP contribution in [0.2, 0.25) is 0 Å². The number of rotatable bonds is 2. The first-order chi connectivity index (χ1) is 9.59. The highest BCUT2D eigenvalue weighted by Crippen LogP contribution is 2.37. The van der Waals surface area contributed by atoms with Gasteiger partial charge in [-0.3, -0.25) is 20.2 Å². The van der Waals surface area contributed by atoms with Crippen LogP contribution in [0.15, 0.2) is 48.5 Å². The van der Waals surface area contributed by atoms with Crippen molar-refractivity contribution >= 4 is 32.9 Å². The van der Waals surface area contributed by atoms with Gasteiger partial charge in [-0.05, 0) is 28.3 Å². The lowest BCUT2D eigenvalue weighted by Crippen LogP contribution is -1.97. The van der Waals surface area contributed by atoms with Crippen LogP contribution in [-0.2, 0) is 0 Å². The molecule has 0 aliphatic heterocycles. The van der Waals surface area contributed by atoms with E-state index in [0.717, 1.165) is 10.8 Å². The van der Waals surface area contributed by atoms with Gasteiger partial charge in [-0.25, -0.2) is 0 Å². The van der Waals surface area contributed by atoms with Crippen LogP contribution in [0.25, 0.3) is 21.5 Å². The molecule has 0 amide bonds. The number of hydrogen-bond acceptors (Lipinski definition) is 4. The van der Waals surface area contributed by atoms with E-state index in [4.69, 9.17) is 0 Å². The average molecular weight is 268 g/mol. The zero-order valence-corrected chi connectivity index (χ0v) is 10.1. The van der Waals surface area contributed by atoms with E-state index in [1.165, 1.54) is 6.07 Å². The molecule has 0 radical (unpaired) electrons. The molecule has 20 heavy (non-hydrogen) atoms. The van der Waals surface area contributed by atoms with Crippen LogP contribution in [0.1, 0.15) is 0 Å². The van der Waals surface area contributed by atoms with Gasteiger partial charge in [-0.1, -0.05) is 30.3 Å². The van der Waals surface area contributed by atoms with E-state index < -0.39 is 21.2 Å². The second-order valence-electron chi connectivity index (χ2n) is 4.33. The molecular weight excluding hydrogens is 260 g/mol. The third-order valence-corrected chi connectivity index (χ3v) is 3.26. The standard InChI is InChI=1S/C14H8N2O4/c17-15(18)13-8-7-11-10-4-2-1-3-9(10)5-6-12(11)14(13)16(19)20/h1-8H. The van der Waals surface area contributed by atoms with E-state index in [1.54, 1.807) is 18.2 Å². The van der Waals surface area contributed by atoms with Gasteiger partial charge in [0.2, 0.25) is 0 Å². The molecule has 3 rings (SSSR count). The fourth-order valence-corrected chi connectivity index (χ4v) is 2.40. The molecule has 0 aliphatic carbocycles. The van der Waals surface area contributed by atoms with Gasteiger partial charge in [0.25, 0.3) is 0 Å². The summed E-state index contributed by atoms with van der Waals surface area (Å²) < 4.78 is 0. The Balaban J connectivity index is 2.52. The van der Waals surface area contributed by atoms with Gasteiger partial charge in [0, 0.05) is 6.07 Å². The van der Waals surface area contributed by atoms with E-state index in [9.17, 15) is 20.2 Å². The molecular formula is C14H8N2O4. The normalized spacial score (nSPS) is 10.8. The van der Waals surface area contributed by atoms with Crippen LogP contribution in [-0.4, -0.2) is 9.85 Å². The molecule has 98 valence electrons. The Morgan fingerprint density at radius 3 is 2.10 bits per heavy atom. The number of nitrogens with zero attached hydrogens (tertiary/aromatic N) is 2. The molecule has 0 spiro atoms. The molecule has 0 unspecified atom stereocenters. The monoisotopic (exact) mass is 268 g/mol. The third kappa shape index (κ3) is 1.66. The molecule has 6 nitrogen and oxygen atoms in total. The Morgan fingerprint density at radius 1 is 0.700 bits per heavy atom. The fourth-order valence-electron chi connectivity index (χ4n) is 2.40. The largest absolute Gasteiger partial charge is 0.353 e. The molecule has 0 bridgehead atoms. The minimum atomic E-state index is -0.729. The fraction of sp³-hybridized carbons (Fsp3) is 0. The van der Waals surface area contributed by atoms with E-state index in [1.807, 2.05) is 24.3 Å². The predicted octanol–water partition coefficient (Wildman–Crippen LogP) is 3.81. The summed E-state index contributed by atoms with van der Waals surface area (Å²) in [6.07, 6.45) is 0. The van der Waals surface area contributed by atoms with Crippen molar-refractivity contribution < 1.29 is 9.85 Å². The van der Waals surface area contributed by atoms with Crippen LogP contribution >= 0.6 is 0 Å². The van der Waals surface area contributed by atoms with Gasteiger partial charge in [0.15, 0.2) is 0 Å². The molecule has 0 heterocycles.